The Balaban J connectivity index is 2.18. The van der Waals surface area contributed by atoms with E-state index in [9.17, 15) is 4.39 Å². The molecule has 0 radical (unpaired) electrons. The second kappa shape index (κ2) is 5.46. The molecule has 0 fully saturated rings. The van der Waals surface area contributed by atoms with Crippen molar-refractivity contribution in [3.05, 3.63) is 46.1 Å². The van der Waals surface area contributed by atoms with E-state index in [1.54, 1.807) is 24.1 Å². The Bertz CT molecular complexity index is 547. The summed E-state index contributed by atoms with van der Waals surface area (Å²) in [6, 6.07) is 6.18. The third kappa shape index (κ3) is 3.05. The van der Waals surface area contributed by atoms with E-state index in [1.165, 1.54) is 12.1 Å². The molecule has 2 aromatic rings. The van der Waals surface area contributed by atoms with Crippen LogP contribution in [0.3, 0.4) is 0 Å². The molecule has 0 N–H and O–H groups in total. The molecule has 0 aliphatic rings. The Morgan fingerprint density at radius 2 is 1.83 bits per heavy atom. The van der Waals surface area contributed by atoms with Crippen LogP contribution in [0.15, 0.2) is 24.3 Å². The summed E-state index contributed by atoms with van der Waals surface area (Å²) in [6.07, 6.45) is 0. The summed E-state index contributed by atoms with van der Waals surface area (Å²) >= 11 is 11.6. The van der Waals surface area contributed by atoms with E-state index in [1.807, 2.05) is 0 Å². The molecule has 0 spiro atoms. The molecule has 18 heavy (non-hydrogen) atoms. The molecule has 1 aromatic heterocycles. The van der Waals surface area contributed by atoms with Gasteiger partial charge in [0.15, 0.2) is 11.0 Å². The standard InChI is InChI=1S/C11H9Cl2FN4/c1-18(6-7-2-4-8(14)5-3-7)10-9(12)16-17-11(13)15-10/h2-5H,6H2,1H3. The van der Waals surface area contributed by atoms with Crippen molar-refractivity contribution in [2.24, 2.45) is 0 Å². The van der Waals surface area contributed by atoms with Gasteiger partial charge in [0.25, 0.3) is 0 Å². The second-order valence-electron chi connectivity index (χ2n) is 3.68. The summed E-state index contributed by atoms with van der Waals surface area (Å²) in [5.74, 6) is 0.159. The first-order valence-corrected chi connectivity index (χ1v) is 5.83. The maximum atomic E-state index is 12.8. The number of anilines is 1. The fourth-order valence-corrected chi connectivity index (χ4v) is 1.81. The molecule has 0 atom stereocenters. The normalized spacial score (nSPS) is 10.4. The van der Waals surface area contributed by atoms with Crippen molar-refractivity contribution in [2.75, 3.05) is 11.9 Å². The number of nitrogens with zero attached hydrogens (tertiary/aromatic N) is 4. The highest BCUT2D eigenvalue weighted by molar-refractivity contribution is 6.32. The lowest BCUT2D eigenvalue weighted by Gasteiger charge is -2.18. The van der Waals surface area contributed by atoms with E-state index >= 15 is 0 Å². The van der Waals surface area contributed by atoms with Crippen molar-refractivity contribution >= 4 is 29.0 Å². The van der Waals surface area contributed by atoms with Crippen LogP contribution < -0.4 is 4.90 Å². The number of benzene rings is 1. The number of halogens is 3. The fraction of sp³-hybridized carbons (Fsp3) is 0.182. The van der Waals surface area contributed by atoms with Crippen LogP contribution in [0.5, 0.6) is 0 Å². The predicted molar refractivity (Wildman–Crippen MR) is 68.4 cm³/mol. The zero-order chi connectivity index (χ0) is 13.1. The molecule has 0 bridgehead atoms. The quantitative estimate of drug-likeness (QED) is 0.870. The van der Waals surface area contributed by atoms with Crippen molar-refractivity contribution in [1.82, 2.24) is 15.2 Å². The Hall–Kier alpha value is -1.46. The van der Waals surface area contributed by atoms with Crippen molar-refractivity contribution in [3.8, 4) is 0 Å². The van der Waals surface area contributed by atoms with Crippen molar-refractivity contribution in [2.45, 2.75) is 6.54 Å². The molecule has 0 aliphatic heterocycles. The summed E-state index contributed by atoms with van der Waals surface area (Å²) in [5, 5.41) is 7.41. The van der Waals surface area contributed by atoms with Gasteiger partial charge in [-0.2, -0.15) is 4.98 Å². The lowest BCUT2D eigenvalue weighted by Crippen LogP contribution is -2.19. The molecule has 4 nitrogen and oxygen atoms in total. The fourth-order valence-electron chi connectivity index (χ4n) is 1.47. The van der Waals surface area contributed by atoms with Gasteiger partial charge in [0.1, 0.15) is 5.82 Å². The predicted octanol–water partition coefficient (Wildman–Crippen LogP) is 2.95. The van der Waals surface area contributed by atoms with Gasteiger partial charge < -0.3 is 4.90 Å². The van der Waals surface area contributed by atoms with Gasteiger partial charge in [-0.3, -0.25) is 0 Å². The molecule has 1 aromatic carbocycles. The lowest BCUT2D eigenvalue weighted by atomic mass is 10.2. The number of hydrogen-bond donors (Lipinski definition) is 0. The second-order valence-corrected chi connectivity index (χ2v) is 4.37. The van der Waals surface area contributed by atoms with Gasteiger partial charge in [0, 0.05) is 13.6 Å². The summed E-state index contributed by atoms with van der Waals surface area (Å²) in [7, 11) is 1.79. The van der Waals surface area contributed by atoms with Crippen molar-refractivity contribution < 1.29 is 4.39 Å². The van der Waals surface area contributed by atoms with Crippen LogP contribution in [0.25, 0.3) is 0 Å². The molecular formula is C11H9Cl2FN4. The van der Waals surface area contributed by atoms with E-state index in [4.69, 9.17) is 23.2 Å². The van der Waals surface area contributed by atoms with Crippen LogP contribution >= 0.6 is 23.2 Å². The first-order chi connectivity index (χ1) is 8.56. The zero-order valence-electron chi connectivity index (χ0n) is 9.44. The van der Waals surface area contributed by atoms with E-state index < -0.39 is 0 Å². The number of rotatable bonds is 3. The van der Waals surface area contributed by atoms with Crippen molar-refractivity contribution in [3.63, 3.8) is 0 Å². The van der Waals surface area contributed by atoms with Gasteiger partial charge in [-0.25, -0.2) is 4.39 Å². The minimum absolute atomic E-state index is 0.0281. The number of hydrogen-bond acceptors (Lipinski definition) is 4. The van der Waals surface area contributed by atoms with Gasteiger partial charge in [-0.1, -0.05) is 23.7 Å². The largest absolute Gasteiger partial charge is 0.353 e. The first-order valence-electron chi connectivity index (χ1n) is 5.07. The summed E-state index contributed by atoms with van der Waals surface area (Å²) in [5.41, 5.74) is 0.921. The highest BCUT2D eigenvalue weighted by atomic mass is 35.5. The molecule has 7 heteroatoms. The summed E-state index contributed by atoms with van der Waals surface area (Å²) in [6.45, 7) is 0.509. The molecule has 0 unspecified atom stereocenters. The molecule has 94 valence electrons. The highest BCUT2D eigenvalue weighted by Crippen LogP contribution is 2.21. The van der Waals surface area contributed by atoms with Crippen LogP contribution in [-0.4, -0.2) is 22.2 Å². The maximum absolute atomic E-state index is 12.8. The average molecular weight is 287 g/mol. The van der Waals surface area contributed by atoms with Crippen molar-refractivity contribution in [1.29, 1.82) is 0 Å². The minimum atomic E-state index is -0.272. The monoisotopic (exact) mass is 286 g/mol. The van der Waals surface area contributed by atoms with Crippen LogP contribution in [0.2, 0.25) is 10.4 Å². The van der Waals surface area contributed by atoms with Gasteiger partial charge in [-0.05, 0) is 29.3 Å². The van der Waals surface area contributed by atoms with E-state index in [0.29, 0.717) is 12.4 Å². The topological polar surface area (TPSA) is 41.9 Å². The Morgan fingerprint density at radius 3 is 2.50 bits per heavy atom. The van der Waals surface area contributed by atoms with Gasteiger partial charge in [0.05, 0.1) is 0 Å². The molecule has 0 aliphatic carbocycles. The molecular weight excluding hydrogens is 278 g/mol. The third-order valence-corrected chi connectivity index (χ3v) is 2.70. The Labute approximate surface area is 113 Å². The molecule has 0 saturated heterocycles. The van der Waals surface area contributed by atoms with Gasteiger partial charge >= 0.3 is 0 Å². The van der Waals surface area contributed by atoms with Crippen LogP contribution in [-0.2, 0) is 6.54 Å². The average Bonchev–Trinajstić information content (AvgIpc) is 2.35. The number of aromatic nitrogens is 3. The van der Waals surface area contributed by atoms with E-state index in [0.717, 1.165) is 5.56 Å². The SMILES string of the molecule is CN(Cc1ccc(F)cc1)c1nc(Cl)nnc1Cl. The summed E-state index contributed by atoms with van der Waals surface area (Å²) < 4.78 is 12.8. The van der Waals surface area contributed by atoms with Crippen LogP contribution in [0.1, 0.15) is 5.56 Å². The molecule has 2 rings (SSSR count). The lowest BCUT2D eigenvalue weighted by molar-refractivity contribution is 0.627. The molecule has 0 amide bonds. The first kappa shape index (κ1) is 13.0. The smallest absolute Gasteiger partial charge is 0.245 e. The Kier molecular flexibility index (Phi) is 3.93. The minimum Gasteiger partial charge on any atom is -0.353 e. The maximum Gasteiger partial charge on any atom is 0.245 e. The van der Waals surface area contributed by atoms with Crippen LogP contribution in [0, 0.1) is 5.82 Å². The van der Waals surface area contributed by atoms with E-state index in [2.05, 4.69) is 15.2 Å². The Morgan fingerprint density at radius 1 is 1.17 bits per heavy atom. The molecule has 1 heterocycles. The third-order valence-electron chi connectivity index (χ3n) is 2.30. The van der Waals surface area contributed by atoms with E-state index in [-0.39, 0.29) is 16.3 Å². The summed E-state index contributed by atoms with van der Waals surface area (Å²) in [4.78, 5) is 5.76. The highest BCUT2D eigenvalue weighted by Gasteiger charge is 2.11. The van der Waals surface area contributed by atoms with Crippen LogP contribution in [0.4, 0.5) is 10.2 Å². The van der Waals surface area contributed by atoms with Gasteiger partial charge in [-0.15, -0.1) is 10.2 Å². The van der Waals surface area contributed by atoms with Gasteiger partial charge in [0.2, 0.25) is 5.28 Å². The molecule has 0 saturated carbocycles. The zero-order valence-corrected chi connectivity index (χ0v) is 11.0.